The number of carboxylic acids is 1. The topological polar surface area (TPSA) is 84.2 Å². The Labute approximate surface area is 132 Å². The van der Waals surface area contributed by atoms with E-state index < -0.39 is 12.0 Å². The van der Waals surface area contributed by atoms with E-state index in [9.17, 15) is 9.59 Å². The lowest BCUT2D eigenvalue weighted by Gasteiger charge is -2.11. The number of carbonyl (C=O) groups is 2. The van der Waals surface area contributed by atoms with E-state index >= 15 is 0 Å². The Morgan fingerprint density at radius 2 is 2.18 bits per heavy atom. The lowest BCUT2D eigenvalue weighted by atomic mass is 10.2. The molecule has 1 atom stereocenters. The molecule has 116 valence electrons. The van der Waals surface area contributed by atoms with Gasteiger partial charge in [0.2, 0.25) is 0 Å². The Bertz CT molecular complexity index is 712. The molecule has 1 aromatic heterocycles. The average Bonchev–Trinajstić information content (AvgIpc) is 2.79. The number of nitrogens with zero attached hydrogens (tertiary/aromatic N) is 2. The van der Waals surface area contributed by atoms with E-state index in [0.717, 1.165) is 5.69 Å². The number of halogens is 1. The van der Waals surface area contributed by atoms with Crippen LogP contribution < -0.4 is 5.32 Å². The van der Waals surface area contributed by atoms with Gasteiger partial charge in [-0.2, -0.15) is 5.10 Å². The molecule has 6 nitrogen and oxygen atoms in total. The summed E-state index contributed by atoms with van der Waals surface area (Å²) in [4.78, 5) is 22.8. The first-order chi connectivity index (χ1) is 10.4. The van der Waals surface area contributed by atoms with E-state index in [1.807, 2.05) is 6.07 Å². The van der Waals surface area contributed by atoms with Crippen molar-refractivity contribution in [2.75, 3.05) is 0 Å². The first kappa shape index (κ1) is 16.0. The second-order valence-corrected chi connectivity index (χ2v) is 5.44. The molecule has 2 aromatic rings. The third-order valence-electron chi connectivity index (χ3n) is 3.17. The number of carboxylic acid groups (broad SMARTS) is 1. The number of nitrogens with one attached hydrogen (secondary N) is 1. The van der Waals surface area contributed by atoms with Crippen molar-refractivity contribution < 1.29 is 14.7 Å². The Morgan fingerprint density at radius 1 is 1.45 bits per heavy atom. The van der Waals surface area contributed by atoms with Crippen LogP contribution in [-0.2, 0) is 4.79 Å². The highest BCUT2D eigenvalue weighted by molar-refractivity contribution is 6.30. The van der Waals surface area contributed by atoms with Gasteiger partial charge in [0.15, 0.2) is 0 Å². The van der Waals surface area contributed by atoms with Gasteiger partial charge in [-0.15, -0.1) is 0 Å². The summed E-state index contributed by atoms with van der Waals surface area (Å²) < 4.78 is 1.61. The van der Waals surface area contributed by atoms with E-state index in [1.54, 1.807) is 36.7 Å². The van der Waals surface area contributed by atoms with Crippen molar-refractivity contribution in [1.29, 1.82) is 0 Å². The molecular formula is C15H16ClN3O3. The zero-order valence-corrected chi connectivity index (χ0v) is 13.0. The molecule has 1 aromatic carbocycles. The molecule has 0 aliphatic carbocycles. The van der Waals surface area contributed by atoms with Crippen molar-refractivity contribution in [3.05, 3.63) is 46.7 Å². The molecule has 0 aliphatic heterocycles. The van der Waals surface area contributed by atoms with Gasteiger partial charge in [0, 0.05) is 11.1 Å². The Hall–Kier alpha value is -2.34. The standard InChI is InChI=1S/C15H16ClN3O3/c1-9(6-14(20)21)18-15(22)13-8-17-19(10(13)2)12-5-3-4-11(16)7-12/h3-5,7-9H,6H2,1-2H3,(H,18,22)(H,20,21). The summed E-state index contributed by atoms with van der Waals surface area (Å²) in [5.74, 6) is -1.31. The van der Waals surface area contributed by atoms with Gasteiger partial charge in [-0.05, 0) is 32.0 Å². The molecular weight excluding hydrogens is 306 g/mol. The number of benzene rings is 1. The van der Waals surface area contributed by atoms with Crippen molar-refractivity contribution >= 4 is 23.5 Å². The molecule has 0 bridgehead atoms. The van der Waals surface area contributed by atoms with Crippen LogP contribution in [0.3, 0.4) is 0 Å². The fraction of sp³-hybridized carbons (Fsp3) is 0.267. The molecule has 1 amide bonds. The number of aromatic nitrogens is 2. The van der Waals surface area contributed by atoms with Gasteiger partial charge in [0.05, 0.1) is 29.6 Å². The normalized spacial score (nSPS) is 12.0. The third-order valence-corrected chi connectivity index (χ3v) is 3.40. The van der Waals surface area contributed by atoms with Gasteiger partial charge in [0.25, 0.3) is 5.91 Å². The van der Waals surface area contributed by atoms with Crippen LogP contribution in [0.1, 0.15) is 29.4 Å². The third kappa shape index (κ3) is 3.65. The fourth-order valence-corrected chi connectivity index (χ4v) is 2.30. The van der Waals surface area contributed by atoms with E-state index in [0.29, 0.717) is 16.3 Å². The first-order valence-electron chi connectivity index (χ1n) is 6.71. The SMILES string of the molecule is Cc1c(C(=O)NC(C)CC(=O)O)cnn1-c1cccc(Cl)c1. The minimum Gasteiger partial charge on any atom is -0.481 e. The molecule has 0 aliphatic rings. The molecule has 0 fully saturated rings. The molecule has 1 heterocycles. The van der Waals surface area contributed by atoms with Crippen molar-refractivity contribution in [2.45, 2.75) is 26.3 Å². The predicted molar refractivity (Wildman–Crippen MR) is 82.5 cm³/mol. The molecule has 0 saturated heterocycles. The monoisotopic (exact) mass is 321 g/mol. The predicted octanol–water partition coefficient (Wildman–Crippen LogP) is 2.43. The lowest BCUT2D eigenvalue weighted by molar-refractivity contribution is -0.137. The molecule has 7 heteroatoms. The number of rotatable bonds is 5. The maximum Gasteiger partial charge on any atom is 0.305 e. The maximum atomic E-state index is 12.2. The fourth-order valence-electron chi connectivity index (χ4n) is 2.12. The van der Waals surface area contributed by atoms with Crippen LogP contribution in [0.2, 0.25) is 5.02 Å². The van der Waals surface area contributed by atoms with Crippen LogP contribution in [0.25, 0.3) is 5.69 Å². The highest BCUT2D eigenvalue weighted by atomic mass is 35.5. The second-order valence-electron chi connectivity index (χ2n) is 5.01. The van der Waals surface area contributed by atoms with Gasteiger partial charge in [0.1, 0.15) is 0 Å². The van der Waals surface area contributed by atoms with Gasteiger partial charge >= 0.3 is 5.97 Å². The molecule has 1 unspecified atom stereocenters. The minimum absolute atomic E-state index is 0.132. The average molecular weight is 322 g/mol. The number of hydrogen-bond donors (Lipinski definition) is 2. The van der Waals surface area contributed by atoms with Gasteiger partial charge < -0.3 is 10.4 Å². The van der Waals surface area contributed by atoms with Crippen LogP contribution in [0.15, 0.2) is 30.5 Å². The highest BCUT2D eigenvalue weighted by Gasteiger charge is 2.18. The molecule has 0 spiro atoms. The smallest absolute Gasteiger partial charge is 0.305 e. The molecule has 2 N–H and O–H groups in total. The highest BCUT2D eigenvalue weighted by Crippen LogP contribution is 2.18. The van der Waals surface area contributed by atoms with Crippen LogP contribution >= 0.6 is 11.6 Å². The van der Waals surface area contributed by atoms with Gasteiger partial charge in [-0.1, -0.05) is 17.7 Å². The Balaban J connectivity index is 2.20. The quantitative estimate of drug-likeness (QED) is 0.885. The van der Waals surface area contributed by atoms with Gasteiger partial charge in [-0.3, -0.25) is 9.59 Å². The molecule has 0 radical (unpaired) electrons. The lowest BCUT2D eigenvalue weighted by Crippen LogP contribution is -2.34. The number of carbonyl (C=O) groups excluding carboxylic acids is 1. The number of amides is 1. The first-order valence-corrected chi connectivity index (χ1v) is 7.09. The van der Waals surface area contributed by atoms with Crippen LogP contribution in [-0.4, -0.2) is 32.8 Å². The van der Waals surface area contributed by atoms with E-state index in [-0.39, 0.29) is 12.3 Å². The van der Waals surface area contributed by atoms with E-state index in [2.05, 4.69) is 10.4 Å². The summed E-state index contributed by atoms with van der Waals surface area (Å²) >= 11 is 5.96. The second kappa shape index (κ2) is 6.62. The van der Waals surface area contributed by atoms with Crippen molar-refractivity contribution in [2.24, 2.45) is 0 Å². The van der Waals surface area contributed by atoms with Crippen LogP contribution in [0, 0.1) is 6.92 Å². The minimum atomic E-state index is -0.959. The van der Waals surface area contributed by atoms with E-state index in [1.165, 1.54) is 6.20 Å². The number of aliphatic carboxylic acids is 1. The Morgan fingerprint density at radius 3 is 2.82 bits per heavy atom. The van der Waals surface area contributed by atoms with Crippen molar-refractivity contribution in [1.82, 2.24) is 15.1 Å². The number of hydrogen-bond acceptors (Lipinski definition) is 3. The zero-order valence-electron chi connectivity index (χ0n) is 12.2. The summed E-state index contributed by atoms with van der Waals surface area (Å²) in [6, 6.07) is 6.68. The molecule has 2 rings (SSSR count). The Kier molecular flexibility index (Phi) is 4.82. The maximum absolute atomic E-state index is 12.2. The largest absolute Gasteiger partial charge is 0.481 e. The summed E-state index contributed by atoms with van der Waals surface area (Å²) in [7, 11) is 0. The van der Waals surface area contributed by atoms with Gasteiger partial charge in [-0.25, -0.2) is 4.68 Å². The van der Waals surface area contributed by atoms with Crippen molar-refractivity contribution in [3.8, 4) is 5.69 Å². The van der Waals surface area contributed by atoms with Crippen molar-refractivity contribution in [3.63, 3.8) is 0 Å². The summed E-state index contributed by atoms with van der Waals surface area (Å²) in [6.07, 6.45) is 1.33. The summed E-state index contributed by atoms with van der Waals surface area (Å²) in [6.45, 7) is 3.41. The molecule has 0 saturated carbocycles. The van der Waals surface area contributed by atoms with E-state index in [4.69, 9.17) is 16.7 Å². The summed E-state index contributed by atoms with van der Waals surface area (Å²) in [5, 5.41) is 16.1. The molecule has 22 heavy (non-hydrogen) atoms. The van der Waals surface area contributed by atoms with Crippen LogP contribution in [0.5, 0.6) is 0 Å². The van der Waals surface area contributed by atoms with Crippen LogP contribution in [0.4, 0.5) is 0 Å². The zero-order chi connectivity index (χ0) is 16.3. The summed E-state index contributed by atoms with van der Waals surface area (Å²) in [5.41, 5.74) is 1.81.